The quantitative estimate of drug-likeness (QED) is 0.736. The lowest BCUT2D eigenvalue weighted by Crippen LogP contribution is -2.54. The first kappa shape index (κ1) is 17.0. The number of likely N-dealkylation sites (tertiary alicyclic amines) is 1. The van der Waals surface area contributed by atoms with E-state index in [4.69, 9.17) is 0 Å². The highest BCUT2D eigenvalue weighted by molar-refractivity contribution is 5.86. The van der Waals surface area contributed by atoms with E-state index in [-0.39, 0.29) is 5.41 Å². The summed E-state index contributed by atoms with van der Waals surface area (Å²) in [6.07, 6.45) is -0.774. The Morgan fingerprint density at radius 2 is 2.04 bits per heavy atom. The SMILES string of the molecule is Cc1[nH]c2ccc(C(F)(F)F)cc2c1C1C(C)CC12CCCN(C)C2. The molecule has 1 N–H and O–H groups in total. The summed E-state index contributed by atoms with van der Waals surface area (Å²) in [5, 5.41) is 0.761. The highest BCUT2D eigenvalue weighted by Crippen LogP contribution is 2.62. The molecule has 5 heteroatoms. The molecule has 1 aliphatic carbocycles. The van der Waals surface area contributed by atoms with Crippen LogP contribution < -0.4 is 0 Å². The first-order valence-corrected chi connectivity index (χ1v) is 9.09. The lowest BCUT2D eigenvalue weighted by Gasteiger charge is -2.58. The van der Waals surface area contributed by atoms with E-state index in [0.717, 1.165) is 35.2 Å². The van der Waals surface area contributed by atoms with E-state index >= 15 is 0 Å². The fraction of sp³-hybridized carbons (Fsp3) is 0.600. The maximum absolute atomic E-state index is 13.2. The maximum atomic E-state index is 13.2. The van der Waals surface area contributed by atoms with Gasteiger partial charge in [0.25, 0.3) is 0 Å². The van der Waals surface area contributed by atoms with E-state index in [1.165, 1.54) is 31.4 Å². The second kappa shape index (κ2) is 5.50. The van der Waals surface area contributed by atoms with E-state index in [0.29, 0.717) is 11.8 Å². The molecule has 2 nitrogen and oxygen atoms in total. The van der Waals surface area contributed by atoms with Gasteiger partial charge in [-0.2, -0.15) is 13.2 Å². The van der Waals surface area contributed by atoms with Crippen LogP contribution in [0.4, 0.5) is 13.2 Å². The minimum Gasteiger partial charge on any atom is -0.358 e. The largest absolute Gasteiger partial charge is 0.416 e. The number of rotatable bonds is 1. The van der Waals surface area contributed by atoms with Gasteiger partial charge in [0, 0.05) is 23.1 Å². The molecule has 2 heterocycles. The van der Waals surface area contributed by atoms with Crippen molar-refractivity contribution in [2.24, 2.45) is 11.3 Å². The normalized spacial score (nSPS) is 30.8. The number of aromatic nitrogens is 1. The molecule has 2 aliphatic rings. The minimum absolute atomic E-state index is 0.223. The molecule has 2 aromatic rings. The van der Waals surface area contributed by atoms with E-state index in [1.54, 1.807) is 6.07 Å². The van der Waals surface area contributed by atoms with Crippen LogP contribution in [0.2, 0.25) is 0 Å². The standard InChI is InChI=1S/C20H25F3N2/c1-12-10-19(7-4-8-25(3)11-19)18(12)17-13(2)24-16-6-5-14(9-15(16)17)20(21,22)23/h5-6,9,12,18,24H,4,7-8,10-11H2,1-3H3. The van der Waals surface area contributed by atoms with Gasteiger partial charge in [-0.25, -0.2) is 0 Å². The Labute approximate surface area is 146 Å². The van der Waals surface area contributed by atoms with Gasteiger partial charge >= 0.3 is 6.18 Å². The fourth-order valence-electron chi connectivity index (χ4n) is 5.66. The van der Waals surface area contributed by atoms with Crippen molar-refractivity contribution in [2.45, 2.75) is 45.2 Å². The van der Waals surface area contributed by atoms with Crippen LogP contribution in [-0.2, 0) is 6.18 Å². The average molecular weight is 350 g/mol. The molecule has 3 atom stereocenters. The molecular formula is C20H25F3N2. The second-order valence-electron chi connectivity index (χ2n) is 8.28. The van der Waals surface area contributed by atoms with Crippen molar-refractivity contribution in [2.75, 3.05) is 20.1 Å². The number of alkyl halides is 3. The summed E-state index contributed by atoms with van der Waals surface area (Å²) in [6, 6.07) is 4.10. The number of aromatic amines is 1. The minimum atomic E-state index is -4.30. The molecule has 0 radical (unpaired) electrons. The van der Waals surface area contributed by atoms with Crippen LogP contribution >= 0.6 is 0 Å². The molecule has 0 bridgehead atoms. The molecule has 1 saturated carbocycles. The van der Waals surface area contributed by atoms with Crippen LogP contribution in [0.3, 0.4) is 0 Å². The third-order valence-electron chi connectivity index (χ3n) is 6.43. The van der Waals surface area contributed by atoms with Crippen molar-refractivity contribution in [3.8, 4) is 0 Å². The summed E-state index contributed by atoms with van der Waals surface area (Å²) >= 11 is 0. The van der Waals surface area contributed by atoms with Crippen molar-refractivity contribution in [3.63, 3.8) is 0 Å². The molecule has 3 unspecified atom stereocenters. The highest BCUT2D eigenvalue weighted by Gasteiger charge is 2.54. The summed E-state index contributed by atoms with van der Waals surface area (Å²) in [4.78, 5) is 5.71. The van der Waals surface area contributed by atoms with Gasteiger partial charge in [-0.15, -0.1) is 0 Å². The van der Waals surface area contributed by atoms with Crippen LogP contribution in [0, 0.1) is 18.3 Å². The van der Waals surface area contributed by atoms with Crippen LogP contribution in [0.25, 0.3) is 10.9 Å². The number of aryl methyl sites for hydroxylation is 1. The molecule has 1 spiro atoms. The first-order valence-electron chi connectivity index (χ1n) is 9.09. The Morgan fingerprint density at radius 3 is 2.68 bits per heavy atom. The first-order chi connectivity index (χ1) is 11.7. The molecular weight excluding hydrogens is 325 g/mol. The van der Waals surface area contributed by atoms with Crippen LogP contribution in [-0.4, -0.2) is 30.0 Å². The van der Waals surface area contributed by atoms with Crippen LogP contribution in [0.15, 0.2) is 18.2 Å². The van der Waals surface area contributed by atoms with Gasteiger partial charge in [-0.3, -0.25) is 0 Å². The second-order valence-corrected chi connectivity index (χ2v) is 8.28. The Balaban J connectivity index is 1.83. The van der Waals surface area contributed by atoms with Gasteiger partial charge in [0.2, 0.25) is 0 Å². The Bertz CT molecular complexity index is 803. The molecule has 1 aromatic heterocycles. The Morgan fingerprint density at radius 1 is 1.28 bits per heavy atom. The van der Waals surface area contributed by atoms with Crippen molar-refractivity contribution in [1.29, 1.82) is 0 Å². The van der Waals surface area contributed by atoms with Crippen molar-refractivity contribution in [3.05, 3.63) is 35.0 Å². The summed E-state index contributed by atoms with van der Waals surface area (Å²) in [5.74, 6) is 0.853. The number of H-pyrrole nitrogens is 1. The summed E-state index contributed by atoms with van der Waals surface area (Å²) in [5.41, 5.74) is 2.63. The maximum Gasteiger partial charge on any atom is 0.416 e. The smallest absolute Gasteiger partial charge is 0.358 e. The predicted molar refractivity (Wildman–Crippen MR) is 93.7 cm³/mol. The van der Waals surface area contributed by atoms with Crippen LogP contribution in [0.1, 0.15) is 48.9 Å². The Kier molecular flexibility index (Phi) is 3.73. The van der Waals surface area contributed by atoms with Crippen LogP contribution in [0.5, 0.6) is 0 Å². The molecule has 0 amide bonds. The number of hydrogen-bond acceptors (Lipinski definition) is 1. The number of hydrogen-bond donors (Lipinski definition) is 1. The zero-order chi connectivity index (χ0) is 18.0. The van der Waals surface area contributed by atoms with E-state index in [9.17, 15) is 13.2 Å². The number of benzene rings is 1. The van der Waals surface area contributed by atoms with Gasteiger partial charge in [-0.1, -0.05) is 6.92 Å². The third kappa shape index (κ3) is 2.59. The highest BCUT2D eigenvalue weighted by atomic mass is 19.4. The van der Waals surface area contributed by atoms with Gasteiger partial charge < -0.3 is 9.88 Å². The monoisotopic (exact) mass is 350 g/mol. The molecule has 2 fully saturated rings. The summed E-state index contributed by atoms with van der Waals surface area (Å²) in [7, 11) is 2.16. The Hall–Kier alpha value is -1.49. The van der Waals surface area contributed by atoms with Gasteiger partial charge in [0.05, 0.1) is 5.56 Å². The topological polar surface area (TPSA) is 19.0 Å². The molecule has 4 rings (SSSR count). The number of piperidine rings is 1. The predicted octanol–water partition coefficient (Wildman–Crippen LogP) is 5.33. The summed E-state index contributed by atoms with van der Waals surface area (Å²) in [6.45, 7) is 6.42. The molecule has 25 heavy (non-hydrogen) atoms. The zero-order valence-corrected chi connectivity index (χ0v) is 15.0. The van der Waals surface area contributed by atoms with E-state index in [2.05, 4.69) is 23.9 Å². The molecule has 136 valence electrons. The van der Waals surface area contributed by atoms with E-state index in [1.807, 2.05) is 6.92 Å². The number of fused-ring (bicyclic) bond motifs is 1. The number of halogens is 3. The zero-order valence-electron chi connectivity index (χ0n) is 15.0. The summed E-state index contributed by atoms with van der Waals surface area (Å²) < 4.78 is 39.6. The average Bonchev–Trinajstić information content (AvgIpc) is 2.82. The number of nitrogens with one attached hydrogen (secondary N) is 1. The molecule has 1 aliphatic heterocycles. The lowest BCUT2D eigenvalue weighted by atomic mass is 9.49. The molecule has 1 saturated heterocycles. The lowest BCUT2D eigenvalue weighted by molar-refractivity contribution is -0.137. The van der Waals surface area contributed by atoms with Crippen molar-refractivity contribution < 1.29 is 13.2 Å². The van der Waals surface area contributed by atoms with Crippen molar-refractivity contribution in [1.82, 2.24) is 9.88 Å². The third-order valence-corrected chi connectivity index (χ3v) is 6.43. The van der Waals surface area contributed by atoms with E-state index < -0.39 is 11.7 Å². The van der Waals surface area contributed by atoms with Gasteiger partial charge in [0.1, 0.15) is 0 Å². The molecule has 1 aromatic carbocycles. The fourth-order valence-corrected chi connectivity index (χ4v) is 5.66. The van der Waals surface area contributed by atoms with Gasteiger partial charge in [-0.05, 0) is 80.8 Å². The number of nitrogens with zero attached hydrogens (tertiary/aromatic N) is 1. The van der Waals surface area contributed by atoms with Crippen molar-refractivity contribution >= 4 is 10.9 Å². The van der Waals surface area contributed by atoms with Gasteiger partial charge in [0.15, 0.2) is 0 Å².